The molecule has 0 radical (unpaired) electrons. The van der Waals surface area contributed by atoms with Crippen molar-refractivity contribution in [2.24, 2.45) is 5.73 Å². The molecule has 0 bridgehead atoms. The van der Waals surface area contributed by atoms with Crippen LogP contribution in [-0.4, -0.2) is 31.9 Å². The summed E-state index contributed by atoms with van der Waals surface area (Å²) in [7, 11) is -3.90. The van der Waals surface area contributed by atoms with Gasteiger partial charge in [0.15, 0.2) is 17.5 Å². The molecule has 9 nitrogen and oxygen atoms in total. The fourth-order valence-electron chi connectivity index (χ4n) is 3.23. The van der Waals surface area contributed by atoms with Crippen molar-refractivity contribution < 1.29 is 27.4 Å². The van der Waals surface area contributed by atoms with Crippen molar-refractivity contribution in [2.45, 2.75) is 35.6 Å². The maximum absolute atomic E-state index is 12.9. The van der Waals surface area contributed by atoms with E-state index in [0.29, 0.717) is 22.6 Å². The van der Waals surface area contributed by atoms with Crippen molar-refractivity contribution in [1.82, 2.24) is 4.72 Å². The lowest BCUT2D eigenvalue weighted by Gasteiger charge is -2.10. The SMILES string of the molecule is NC(=O)CNS(=O)(=O)c1ccc(NC(=O)c2ccccc2SC(=O)CCCC[n+]2ccccc2)cc1. The van der Waals surface area contributed by atoms with E-state index in [1.54, 1.807) is 24.3 Å². The molecule has 36 heavy (non-hydrogen) atoms. The number of aryl methyl sites for hydroxylation is 1. The molecule has 0 unspecified atom stereocenters. The molecule has 1 heterocycles. The third kappa shape index (κ3) is 8.29. The van der Waals surface area contributed by atoms with E-state index < -0.39 is 28.4 Å². The first kappa shape index (κ1) is 27.1. The smallest absolute Gasteiger partial charge is 0.256 e. The molecule has 0 fully saturated rings. The number of carbonyl (C=O) groups excluding carboxylic acids is 3. The Bertz CT molecular complexity index is 1310. The highest BCUT2D eigenvalue weighted by Crippen LogP contribution is 2.26. The van der Waals surface area contributed by atoms with Crippen molar-refractivity contribution in [3.05, 3.63) is 84.7 Å². The van der Waals surface area contributed by atoms with Crippen LogP contribution < -0.4 is 20.3 Å². The van der Waals surface area contributed by atoms with Gasteiger partial charge in [0.2, 0.25) is 15.9 Å². The van der Waals surface area contributed by atoms with Gasteiger partial charge in [0.1, 0.15) is 6.54 Å². The highest BCUT2D eigenvalue weighted by atomic mass is 32.2. The first-order chi connectivity index (χ1) is 17.2. The van der Waals surface area contributed by atoms with Gasteiger partial charge in [-0.1, -0.05) is 30.0 Å². The minimum absolute atomic E-state index is 0.0219. The monoisotopic (exact) mass is 527 g/mol. The molecule has 4 N–H and O–H groups in total. The average molecular weight is 528 g/mol. The quantitative estimate of drug-likeness (QED) is 0.188. The third-order valence-electron chi connectivity index (χ3n) is 5.04. The molecule has 0 saturated heterocycles. The number of pyridine rings is 1. The predicted molar refractivity (Wildman–Crippen MR) is 137 cm³/mol. The zero-order valence-corrected chi connectivity index (χ0v) is 21.1. The van der Waals surface area contributed by atoms with Crippen LogP contribution in [-0.2, 0) is 26.2 Å². The van der Waals surface area contributed by atoms with Gasteiger partial charge in [-0.15, -0.1) is 0 Å². The Labute approximate surface area is 214 Å². The Kier molecular flexibility index (Phi) is 9.74. The molecule has 0 aliphatic carbocycles. The van der Waals surface area contributed by atoms with E-state index in [1.165, 1.54) is 24.3 Å². The number of hydrogen-bond donors (Lipinski definition) is 3. The van der Waals surface area contributed by atoms with E-state index in [0.717, 1.165) is 31.1 Å². The number of thioether (sulfide) groups is 1. The zero-order chi connectivity index (χ0) is 26.0. The van der Waals surface area contributed by atoms with E-state index in [9.17, 15) is 22.8 Å². The minimum atomic E-state index is -3.90. The molecule has 0 aliphatic heterocycles. The molecular weight excluding hydrogens is 500 g/mol. The number of benzene rings is 2. The molecule has 1 aromatic heterocycles. The van der Waals surface area contributed by atoms with E-state index in [2.05, 4.69) is 14.6 Å². The largest absolute Gasteiger partial charge is 0.369 e. The van der Waals surface area contributed by atoms with Crippen LogP contribution in [0.2, 0.25) is 0 Å². The van der Waals surface area contributed by atoms with E-state index in [4.69, 9.17) is 5.73 Å². The summed E-state index contributed by atoms with van der Waals surface area (Å²) < 4.78 is 28.5. The summed E-state index contributed by atoms with van der Waals surface area (Å²) >= 11 is 1.04. The van der Waals surface area contributed by atoms with E-state index in [1.807, 2.05) is 30.6 Å². The number of aromatic nitrogens is 1. The summed E-state index contributed by atoms with van der Waals surface area (Å²) in [5.74, 6) is -1.22. The summed E-state index contributed by atoms with van der Waals surface area (Å²) in [5.41, 5.74) is 5.69. The maximum atomic E-state index is 12.9. The van der Waals surface area contributed by atoms with Crippen LogP contribution in [0.3, 0.4) is 0 Å². The summed E-state index contributed by atoms with van der Waals surface area (Å²) in [6.45, 7) is 0.319. The van der Waals surface area contributed by atoms with Crippen LogP contribution in [0.4, 0.5) is 5.69 Å². The topological polar surface area (TPSA) is 139 Å². The Balaban J connectivity index is 1.56. The fourth-order valence-corrected chi connectivity index (χ4v) is 5.13. The van der Waals surface area contributed by atoms with E-state index in [-0.39, 0.29) is 10.0 Å². The van der Waals surface area contributed by atoms with Crippen molar-refractivity contribution in [1.29, 1.82) is 0 Å². The number of primary amides is 1. The Morgan fingerprint density at radius 3 is 2.28 bits per heavy atom. The molecule has 3 aromatic rings. The van der Waals surface area contributed by atoms with Gasteiger partial charge in [-0.3, -0.25) is 14.4 Å². The van der Waals surface area contributed by atoms with Crippen molar-refractivity contribution >= 4 is 44.4 Å². The Morgan fingerprint density at radius 1 is 0.889 bits per heavy atom. The number of anilines is 1. The van der Waals surface area contributed by atoms with Crippen LogP contribution in [0.5, 0.6) is 0 Å². The van der Waals surface area contributed by atoms with Gasteiger partial charge in [-0.25, -0.2) is 17.7 Å². The Hall–Kier alpha value is -3.54. The van der Waals surface area contributed by atoms with Crippen LogP contribution in [0.25, 0.3) is 0 Å². The normalized spacial score (nSPS) is 11.1. The lowest BCUT2D eigenvalue weighted by molar-refractivity contribution is -0.697. The van der Waals surface area contributed by atoms with Crippen molar-refractivity contribution in [3.8, 4) is 0 Å². The number of amides is 2. The fraction of sp³-hybridized carbons (Fsp3) is 0.200. The Morgan fingerprint density at radius 2 is 1.58 bits per heavy atom. The first-order valence-electron chi connectivity index (χ1n) is 11.2. The number of nitrogens with one attached hydrogen (secondary N) is 2. The number of nitrogens with two attached hydrogens (primary N) is 1. The highest BCUT2D eigenvalue weighted by molar-refractivity contribution is 8.13. The number of hydrogen-bond acceptors (Lipinski definition) is 6. The molecule has 11 heteroatoms. The molecule has 0 atom stereocenters. The molecule has 0 spiro atoms. The molecule has 0 aliphatic rings. The second-order valence-corrected chi connectivity index (χ2v) is 10.7. The third-order valence-corrected chi connectivity index (χ3v) is 7.46. The van der Waals surface area contributed by atoms with Crippen LogP contribution >= 0.6 is 11.8 Å². The second-order valence-electron chi connectivity index (χ2n) is 7.81. The molecule has 2 aromatic carbocycles. The van der Waals surface area contributed by atoms with Crippen LogP contribution in [0.15, 0.2) is 88.9 Å². The highest BCUT2D eigenvalue weighted by Gasteiger charge is 2.17. The van der Waals surface area contributed by atoms with Crippen LogP contribution in [0.1, 0.15) is 29.6 Å². The van der Waals surface area contributed by atoms with E-state index >= 15 is 0 Å². The van der Waals surface area contributed by atoms with Crippen molar-refractivity contribution in [3.63, 3.8) is 0 Å². The summed E-state index contributed by atoms with van der Waals surface area (Å²) in [4.78, 5) is 36.7. The van der Waals surface area contributed by atoms with Gasteiger partial charge in [-0.05, 0) is 42.8 Å². The van der Waals surface area contributed by atoms with Gasteiger partial charge in [-0.2, -0.15) is 0 Å². The van der Waals surface area contributed by atoms with Gasteiger partial charge >= 0.3 is 0 Å². The molecular formula is C25H27N4O5S2+. The van der Waals surface area contributed by atoms with Gasteiger partial charge in [0, 0.05) is 35.6 Å². The summed E-state index contributed by atoms with van der Waals surface area (Å²) in [6.07, 6.45) is 5.98. The number of sulfonamides is 1. The summed E-state index contributed by atoms with van der Waals surface area (Å²) in [5, 5.41) is 2.69. The number of nitrogens with zero attached hydrogens (tertiary/aromatic N) is 1. The second kappa shape index (κ2) is 13.0. The lowest BCUT2D eigenvalue weighted by Crippen LogP contribution is -2.33. The maximum Gasteiger partial charge on any atom is 0.256 e. The molecule has 2 amide bonds. The van der Waals surface area contributed by atoms with Gasteiger partial charge < -0.3 is 11.1 Å². The molecule has 0 saturated carbocycles. The number of rotatable bonds is 12. The summed E-state index contributed by atoms with van der Waals surface area (Å²) in [6, 6.07) is 18.2. The standard InChI is InChI=1S/C25H26N4O5S2/c26-23(30)18-27-36(33,34)20-13-11-19(12-14-20)28-25(32)21-8-2-3-9-22(21)35-24(31)10-4-7-17-29-15-5-1-6-16-29/h1-3,5-6,8-9,11-16,27H,4,7,10,17-18H2,(H2-,26,28,30,32)/p+1. The van der Waals surface area contributed by atoms with Gasteiger partial charge in [0.05, 0.1) is 17.0 Å². The first-order valence-corrected chi connectivity index (χ1v) is 13.5. The van der Waals surface area contributed by atoms with Crippen LogP contribution in [0, 0.1) is 0 Å². The van der Waals surface area contributed by atoms with Crippen molar-refractivity contribution in [2.75, 3.05) is 11.9 Å². The minimum Gasteiger partial charge on any atom is -0.369 e. The predicted octanol–water partition coefficient (Wildman–Crippen LogP) is 2.48. The number of unbranched alkanes of at least 4 members (excludes halogenated alkanes) is 1. The molecule has 188 valence electrons. The molecule has 3 rings (SSSR count). The lowest BCUT2D eigenvalue weighted by atomic mass is 10.2. The zero-order valence-electron chi connectivity index (χ0n) is 19.4. The average Bonchev–Trinajstić information content (AvgIpc) is 2.87. The number of carbonyl (C=O) groups is 3. The van der Waals surface area contributed by atoms with Gasteiger partial charge in [0.25, 0.3) is 5.91 Å².